The van der Waals surface area contributed by atoms with Crippen LogP contribution >= 0.6 is 11.3 Å². The lowest BCUT2D eigenvalue weighted by Crippen LogP contribution is -1.89. The Morgan fingerprint density at radius 3 is 1.67 bits per heavy atom. The second-order valence-electron chi connectivity index (χ2n) is 12.5. The number of rotatable bonds is 2. The van der Waals surface area contributed by atoms with Gasteiger partial charge in [0.1, 0.15) is 0 Å². The van der Waals surface area contributed by atoms with Crippen LogP contribution in [0.5, 0.6) is 0 Å². The smallest absolute Gasteiger partial charge is 0.0367 e. The van der Waals surface area contributed by atoms with Crippen LogP contribution < -0.4 is 0 Å². The van der Waals surface area contributed by atoms with Crippen molar-refractivity contribution in [2.45, 2.75) is 0 Å². The Balaban J connectivity index is 1.07. The third-order valence-electron chi connectivity index (χ3n) is 10.1. The van der Waals surface area contributed by atoms with E-state index in [1.54, 1.807) is 0 Å². The van der Waals surface area contributed by atoms with E-state index < -0.39 is 0 Å². The summed E-state index contributed by atoms with van der Waals surface area (Å²) < 4.78 is 2.74. The highest BCUT2D eigenvalue weighted by Gasteiger charge is 2.16. The summed E-state index contributed by atoms with van der Waals surface area (Å²) in [7, 11) is 0. The molecule has 0 aliphatic carbocycles. The van der Waals surface area contributed by atoms with Crippen LogP contribution in [0.1, 0.15) is 0 Å². The molecule has 0 spiro atoms. The first kappa shape index (κ1) is 23.9. The number of benzene rings is 10. The molecule has 0 amide bonds. The molecule has 11 aromatic rings. The molecule has 0 bridgehead atoms. The monoisotopic (exact) mass is 584 g/mol. The Labute approximate surface area is 263 Å². The van der Waals surface area contributed by atoms with Gasteiger partial charge in [0.05, 0.1) is 0 Å². The van der Waals surface area contributed by atoms with E-state index in [0.29, 0.717) is 0 Å². The van der Waals surface area contributed by atoms with E-state index in [2.05, 4.69) is 146 Å². The van der Waals surface area contributed by atoms with Crippen molar-refractivity contribution in [1.82, 2.24) is 0 Å². The van der Waals surface area contributed by atoms with Gasteiger partial charge in [-0.25, -0.2) is 0 Å². The average molecular weight is 585 g/mol. The van der Waals surface area contributed by atoms with Gasteiger partial charge in [0.25, 0.3) is 0 Å². The zero-order valence-electron chi connectivity index (χ0n) is 24.3. The topological polar surface area (TPSA) is 0 Å². The quantitative estimate of drug-likeness (QED) is 0.140. The Bertz CT molecular complexity index is 2930. The zero-order chi connectivity index (χ0) is 29.2. The predicted octanol–water partition coefficient (Wildman–Crippen LogP) is 13.2. The fourth-order valence-corrected chi connectivity index (χ4v) is 9.32. The van der Waals surface area contributed by atoms with Crippen molar-refractivity contribution in [2.24, 2.45) is 0 Å². The van der Waals surface area contributed by atoms with Crippen LogP contribution in [0.15, 0.2) is 146 Å². The molecule has 0 N–H and O–H groups in total. The normalized spacial score (nSPS) is 12.4. The van der Waals surface area contributed by atoms with Crippen molar-refractivity contribution in [3.8, 4) is 22.3 Å². The maximum Gasteiger partial charge on any atom is 0.0367 e. The van der Waals surface area contributed by atoms with Gasteiger partial charge in [0, 0.05) is 20.2 Å². The van der Waals surface area contributed by atoms with Gasteiger partial charge in [-0.3, -0.25) is 0 Å². The lowest BCUT2D eigenvalue weighted by molar-refractivity contribution is 1.68. The van der Waals surface area contributed by atoms with Gasteiger partial charge in [-0.05, 0) is 117 Å². The third kappa shape index (κ3) is 3.21. The molecule has 0 atom stereocenters. The fraction of sp³-hybridized carbons (Fsp3) is 0. The van der Waals surface area contributed by atoms with Gasteiger partial charge in [0.15, 0.2) is 0 Å². The summed E-state index contributed by atoms with van der Waals surface area (Å²) in [5.41, 5.74) is 5.09. The molecule has 0 nitrogen and oxygen atoms in total. The van der Waals surface area contributed by atoms with E-state index >= 15 is 0 Å². The van der Waals surface area contributed by atoms with E-state index in [4.69, 9.17) is 0 Å². The Morgan fingerprint density at radius 2 is 0.844 bits per heavy atom. The van der Waals surface area contributed by atoms with Crippen LogP contribution in [0.3, 0.4) is 0 Å². The van der Waals surface area contributed by atoms with E-state index in [-0.39, 0.29) is 0 Å². The minimum absolute atomic E-state index is 1.26. The number of thiophene rings is 1. The molecule has 11 rings (SSSR count). The summed E-state index contributed by atoms with van der Waals surface area (Å²) >= 11 is 1.91. The van der Waals surface area contributed by atoms with Crippen LogP contribution in [-0.4, -0.2) is 0 Å². The summed E-state index contributed by atoms with van der Waals surface area (Å²) in [5, 5.41) is 18.7. The van der Waals surface area contributed by atoms with Crippen LogP contribution in [-0.2, 0) is 0 Å². The van der Waals surface area contributed by atoms with Crippen LogP contribution in [0.2, 0.25) is 0 Å². The molecule has 1 aromatic heterocycles. The first-order valence-corrected chi connectivity index (χ1v) is 16.4. The maximum atomic E-state index is 2.38. The molecule has 0 aliphatic rings. The molecule has 10 aromatic carbocycles. The molecule has 0 aliphatic heterocycles. The summed E-state index contributed by atoms with van der Waals surface area (Å²) in [6, 6.07) is 54.7. The van der Waals surface area contributed by atoms with E-state index in [9.17, 15) is 0 Å². The summed E-state index contributed by atoms with van der Waals surface area (Å²) in [4.78, 5) is 0. The van der Waals surface area contributed by atoms with Gasteiger partial charge < -0.3 is 0 Å². The molecule has 0 fully saturated rings. The molecule has 0 saturated heterocycles. The minimum atomic E-state index is 1.26. The minimum Gasteiger partial charge on any atom is -0.135 e. The first-order valence-electron chi connectivity index (χ1n) is 15.6. The highest BCUT2D eigenvalue weighted by atomic mass is 32.1. The zero-order valence-corrected chi connectivity index (χ0v) is 25.1. The van der Waals surface area contributed by atoms with Crippen molar-refractivity contribution in [3.63, 3.8) is 0 Å². The second kappa shape index (κ2) is 8.57. The van der Waals surface area contributed by atoms with Crippen molar-refractivity contribution >= 4 is 96.1 Å². The fourth-order valence-electron chi connectivity index (χ4n) is 8.11. The highest BCUT2D eigenvalue weighted by Crippen LogP contribution is 2.45. The molecule has 0 saturated carbocycles. The van der Waals surface area contributed by atoms with Gasteiger partial charge in [-0.1, -0.05) is 115 Å². The van der Waals surface area contributed by atoms with E-state index in [1.165, 1.54) is 107 Å². The largest absolute Gasteiger partial charge is 0.135 e. The summed E-state index contributed by atoms with van der Waals surface area (Å²) in [6.45, 7) is 0. The lowest BCUT2D eigenvalue weighted by Gasteiger charge is -2.16. The molecular weight excluding hydrogens is 561 g/mol. The number of hydrogen-bond donors (Lipinski definition) is 0. The molecule has 1 heteroatoms. The standard InChI is InChI=1S/C44H24S/c1-5-25-6-2-9-36-38-20-19-33(34-10-4-11-37(44(34)38)35(8-1)41(25)36)30-17-16-27-21-29(15-14-28(27)22-30)32-23-31-18-13-26-7-3-12-39-42(26)43(31)40(24-32)45-39/h1-24H. The number of hydrogen-bond acceptors (Lipinski definition) is 1. The van der Waals surface area contributed by atoms with Gasteiger partial charge in [-0.15, -0.1) is 11.3 Å². The molecular formula is C44H24S. The van der Waals surface area contributed by atoms with Crippen LogP contribution in [0.4, 0.5) is 0 Å². The second-order valence-corrected chi connectivity index (χ2v) is 13.6. The van der Waals surface area contributed by atoms with Gasteiger partial charge >= 0.3 is 0 Å². The molecule has 206 valence electrons. The number of fused-ring (bicyclic) bond motifs is 3. The van der Waals surface area contributed by atoms with E-state index in [0.717, 1.165) is 0 Å². The average Bonchev–Trinajstić information content (AvgIpc) is 3.48. The Kier molecular flexibility index (Phi) is 4.55. The van der Waals surface area contributed by atoms with Crippen molar-refractivity contribution in [1.29, 1.82) is 0 Å². The third-order valence-corrected chi connectivity index (χ3v) is 11.2. The molecule has 0 unspecified atom stereocenters. The van der Waals surface area contributed by atoms with Crippen molar-refractivity contribution < 1.29 is 0 Å². The highest BCUT2D eigenvalue weighted by molar-refractivity contribution is 7.26. The Hall–Kier alpha value is -5.50. The van der Waals surface area contributed by atoms with Crippen LogP contribution in [0.25, 0.3) is 107 Å². The first-order chi connectivity index (χ1) is 22.3. The van der Waals surface area contributed by atoms with Gasteiger partial charge in [0.2, 0.25) is 0 Å². The predicted molar refractivity (Wildman–Crippen MR) is 198 cm³/mol. The molecule has 0 radical (unpaired) electrons. The Morgan fingerprint density at radius 1 is 0.289 bits per heavy atom. The van der Waals surface area contributed by atoms with E-state index in [1.807, 2.05) is 11.3 Å². The maximum absolute atomic E-state index is 2.38. The lowest BCUT2D eigenvalue weighted by atomic mass is 9.87. The van der Waals surface area contributed by atoms with Crippen molar-refractivity contribution in [2.75, 3.05) is 0 Å². The molecule has 45 heavy (non-hydrogen) atoms. The SMILES string of the molecule is c1cc2ccc3cc(-c4ccc5cc(-c6ccc7c8cccc9cccc(c%10cccc6c%107)c98)ccc5c4)cc4sc(c1)c2c34. The van der Waals surface area contributed by atoms with Crippen molar-refractivity contribution in [3.05, 3.63) is 146 Å². The summed E-state index contributed by atoms with van der Waals surface area (Å²) in [5.74, 6) is 0. The summed E-state index contributed by atoms with van der Waals surface area (Å²) in [6.07, 6.45) is 0. The van der Waals surface area contributed by atoms with Crippen LogP contribution in [0, 0.1) is 0 Å². The molecule has 1 heterocycles. The van der Waals surface area contributed by atoms with Gasteiger partial charge in [-0.2, -0.15) is 0 Å².